The lowest BCUT2D eigenvalue weighted by Gasteiger charge is -2.24. The predicted octanol–water partition coefficient (Wildman–Crippen LogP) is 3.30. The molecule has 1 aliphatic heterocycles. The molecule has 0 spiro atoms. The van der Waals surface area contributed by atoms with Gasteiger partial charge in [0.2, 0.25) is 5.76 Å². The molecule has 33 heavy (non-hydrogen) atoms. The van der Waals surface area contributed by atoms with Crippen LogP contribution >= 0.6 is 0 Å². The highest BCUT2D eigenvalue weighted by molar-refractivity contribution is 5.99. The molecule has 0 fully saturated rings. The molecule has 8 nitrogen and oxygen atoms in total. The SMILES string of the molecule is Cc1ccc2oc3c(c(=O)c2c1)C(c1ccc(OCC(N)=O)cc1)N(Cc1ccco1)C3=O. The van der Waals surface area contributed by atoms with Crippen molar-refractivity contribution >= 4 is 22.8 Å². The van der Waals surface area contributed by atoms with Crippen LogP contribution in [-0.2, 0) is 11.3 Å². The molecule has 1 unspecified atom stereocenters. The van der Waals surface area contributed by atoms with E-state index in [-0.39, 0.29) is 35.8 Å². The van der Waals surface area contributed by atoms with Gasteiger partial charge in [0.15, 0.2) is 12.0 Å². The normalized spacial score (nSPS) is 15.1. The molecule has 3 heterocycles. The van der Waals surface area contributed by atoms with Crippen LogP contribution in [-0.4, -0.2) is 23.3 Å². The van der Waals surface area contributed by atoms with E-state index in [1.807, 2.05) is 13.0 Å². The van der Waals surface area contributed by atoms with Gasteiger partial charge >= 0.3 is 0 Å². The average molecular weight is 444 g/mol. The summed E-state index contributed by atoms with van der Waals surface area (Å²) >= 11 is 0. The third kappa shape index (κ3) is 3.65. The van der Waals surface area contributed by atoms with Crippen molar-refractivity contribution in [1.29, 1.82) is 0 Å². The number of amides is 2. The van der Waals surface area contributed by atoms with Crippen molar-refractivity contribution in [1.82, 2.24) is 4.90 Å². The quantitative estimate of drug-likeness (QED) is 0.488. The Bertz CT molecular complexity index is 1420. The maximum absolute atomic E-state index is 13.6. The zero-order valence-electron chi connectivity index (χ0n) is 17.7. The number of nitrogens with zero attached hydrogens (tertiary/aromatic N) is 1. The van der Waals surface area contributed by atoms with Crippen LogP contribution in [0.4, 0.5) is 0 Å². The number of aryl methyl sites for hydroxylation is 1. The molecule has 2 aromatic heterocycles. The molecule has 2 N–H and O–H groups in total. The summed E-state index contributed by atoms with van der Waals surface area (Å²) in [7, 11) is 0. The summed E-state index contributed by atoms with van der Waals surface area (Å²) in [5.41, 5.74) is 7.15. The Morgan fingerprint density at radius 1 is 1.12 bits per heavy atom. The number of furan rings is 1. The molecule has 1 aliphatic rings. The van der Waals surface area contributed by atoms with E-state index in [0.717, 1.165) is 5.56 Å². The van der Waals surface area contributed by atoms with Gasteiger partial charge < -0.3 is 24.2 Å². The molecule has 0 bridgehead atoms. The van der Waals surface area contributed by atoms with Crippen LogP contribution < -0.4 is 15.9 Å². The number of ether oxygens (including phenoxy) is 1. The Hall–Kier alpha value is -4.33. The molecule has 166 valence electrons. The summed E-state index contributed by atoms with van der Waals surface area (Å²) in [6.45, 7) is 1.81. The second kappa shape index (κ2) is 7.98. The Morgan fingerprint density at radius 3 is 2.61 bits per heavy atom. The number of rotatable bonds is 6. The van der Waals surface area contributed by atoms with E-state index < -0.39 is 11.9 Å². The summed E-state index contributed by atoms with van der Waals surface area (Å²) < 4.78 is 16.7. The molecule has 0 saturated carbocycles. The summed E-state index contributed by atoms with van der Waals surface area (Å²) in [6.07, 6.45) is 1.53. The molecule has 5 rings (SSSR count). The Balaban J connectivity index is 1.64. The molecule has 0 saturated heterocycles. The zero-order chi connectivity index (χ0) is 23.1. The molecule has 0 radical (unpaired) electrons. The van der Waals surface area contributed by atoms with Crippen molar-refractivity contribution in [2.24, 2.45) is 5.73 Å². The van der Waals surface area contributed by atoms with Crippen LogP contribution in [0, 0.1) is 6.92 Å². The summed E-state index contributed by atoms with van der Waals surface area (Å²) in [4.78, 5) is 39.5. The van der Waals surface area contributed by atoms with Gasteiger partial charge in [-0.3, -0.25) is 14.4 Å². The maximum Gasteiger partial charge on any atom is 0.291 e. The molecular weight excluding hydrogens is 424 g/mol. The van der Waals surface area contributed by atoms with Gasteiger partial charge in [-0.15, -0.1) is 0 Å². The number of carbonyl (C=O) groups excluding carboxylic acids is 2. The predicted molar refractivity (Wildman–Crippen MR) is 119 cm³/mol. The van der Waals surface area contributed by atoms with Crippen LogP contribution in [0.3, 0.4) is 0 Å². The molecule has 2 aromatic carbocycles. The van der Waals surface area contributed by atoms with Crippen molar-refractivity contribution in [2.45, 2.75) is 19.5 Å². The second-order valence-electron chi connectivity index (χ2n) is 7.91. The van der Waals surface area contributed by atoms with E-state index >= 15 is 0 Å². The number of hydrogen-bond donors (Lipinski definition) is 1. The van der Waals surface area contributed by atoms with Crippen LogP contribution in [0.25, 0.3) is 11.0 Å². The third-order valence-electron chi connectivity index (χ3n) is 5.60. The first-order chi connectivity index (χ1) is 15.9. The minimum absolute atomic E-state index is 0.0296. The molecule has 1 atom stereocenters. The fourth-order valence-electron chi connectivity index (χ4n) is 4.12. The molecule has 4 aromatic rings. The van der Waals surface area contributed by atoms with E-state index in [0.29, 0.717) is 28.0 Å². The highest BCUT2D eigenvalue weighted by Gasteiger charge is 2.43. The van der Waals surface area contributed by atoms with Crippen molar-refractivity contribution in [3.63, 3.8) is 0 Å². The van der Waals surface area contributed by atoms with Crippen LogP contribution in [0.2, 0.25) is 0 Å². The highest BCUT2D eigenvalue weighted by Crippen LogP contribution is 2.39. The molecule has 0 aliphatic carbocycles. The fraction of sp³-hybridized carbons (Fsp3) is 0.160. The Kier molecular flexibility index (Phi) is 4.97. The van der Waals surface area contributed by atoms with Gasteiger partial charge in [-0.25, -0.2) is 0 Å². The van der Waals surface area contributed by atoms with E-state index in [9.17, 15) is 14.4 Å². The van der Waals surface area contributed by atoms with E-state index in [1.54, 1.807) is 53.4 Å². The number of primary amides is 1. The standard InChI is InChI=1S/C25H20N2O6/c1-14-4-9-19-18(11-14)23(29)21-22(15-5-7-16(8-6-15)32-13-20(26)28)27(25(30)24(21)33-19)12-17-3-2-10-31-17/h2-11,22H,12-13H2,1H3,(H2,26,28). The van der Waals surface area contributed by atoms with Crippen molar-refractivity contribution in [3.8, 4) is 5.75 Å². The smallest absolute Gasteiger partial charge is 0.291 e. The van der Waals surface area contributed by atoms with E-state index in [1.165, 1.54) is 6.26 Å². The van der Waals surface area contributed by atoms with Gasteiger partial charge in [0, 0.05) is 0 Å². The van der Waals surface area contributed by atoms with Gasteiger partial charge in [0.25, 0.3) is 11.8 Å². The van der Waals surface area contributed by atoms with Gasteiger partial charge in [-0.2, -0.15) is 0 Å². The van der Waals surface area contributed by atoms with Crippen molar-refractivity contribution < 1.29 is 23.2 Å². The average Bonchev–Trinajstić information content (AvgIpc) is 3.41. The van der Waals surface area contributed by atoms with Crippen LogP contribution in [0.5, 0.6) is 5.75 Å². The van der Waals surface area contributed by atoms with E-state index in [4.69, 9.17) is 19.3 Å². The number of carbonyl (C=O) groups is 2. The minimum Gasteiger partial charge on any atom is -0.484 e. The first-order valence-corrected chi connectivity index (χ1v) is 10.3. The van der Waals surface area contributed by atoms with Gasteiger partial charge in [-0.05, 0) is 48.9 Å². The monoisotopic (exact) mass is 444 g/mol. The fourth-order valence-corrected chi connectivity index (χ4v) is 4.12. The number of hydrogen-bond acceptors (Lipinski definition) is 6. The van der Waals surface area contributed by atoms with Crippen molar-refractivity contribution in [3.05, 3.63) is 99.3 Å². The number of benzene rings is 2. The molecular formula is C25H20N2O6. The largest absolute Gasteiger partial charge is 0.484 e. The number of nitrogens with two attached hydrogens (primary N) is 1. The lowest BCUT2D eigenvalue weighted by molar-refractivity contribution is -0.119. The summed E-state index contributed by atoms with van der Waals surface area (Å²) in [6, 6.07) is 15.0. The second-order valence-corrected chi connectivity index (χ2v) is 7.91. The lowest BCUT2D eigenvalue weighted by atomic mass is 9.98. The summed E-state index contributed by atoms with van der Waals surface area (Å²) in [5.74, 6) is 0.0806. The Labute approximate surface area is 188 Å². The first-order valence-electron chi connectivity index (χ1n) is 10.3. The molecule has 8 heteroatoms. The maximum atomic E-state index is 13.6. The van der Waals surface area contributed by atoms with Gasteiger partial charge in [-0.1, -0.05) is 23.8 Å². The minimum atomic E-state index is -0.677. The summed E-state index contributed by atoms with van der Waals surface area (Å²) in [5, 5.41) is 0.424. The van der Waals surface area contributed by atoms with E-state index in [2.05, 4.69) is 0 Å². The van der Waals surface area contributed by atoms with Crippen LogP contribution in [0.15, 0.2) is 74.5 Å². The topological polar surface area (TPSA) is 116 Å². The van der Waals surface area contributed by atoms with Gasteiger partial charge in [0.1, 0.15) is 17.1 Å². The molecule has 2 amide bonds. The zero-order valence-corrected chi connectivity index (χ0v) is 17.7. The first kappa shape index (κ1) is 20.6. The Morgan fingerprint density at radius 2 is 1.91 bits per heavy atom. The van der Waals surface area contributed by atoms with Crippen LogP contribution in [0.1, 0.15) is 39.0 Å². The lowest BCUT2D eigenvalue weighted by Crippen LogP contribution is -2.29. The third-order valence-corrected chi connectivity index (χ3v) is 5.60. The highest BCUT2D eigenvalue weighted by atomic mass is 16.5. The van der Waals surface area contributed by atoms with Gasteiger partial charge in [0.05, 0.1) is 29.8 Å². The van der Waals surface area contributed by atoms with Crippen molar-refractivity contribution in [2.75, 3.05) is 6.61 Å². The number of fused-ring (bicyclic) bond motifs is 2.